The highest BCUT2D eigenvalue weighted by atomic mass is 16.2. The van der Waals surface area contributed by atoms with Gasteiger partial charge in [0.05, 0.1) is 0 Å². The summed E-state index contributed by atoms with van der Waals surface area (Å²) in [5, 5.41) is 0. The van der Waals surface area contributed by atoms with Gasteiger partial charge in [-0.15, -0.1) is 0 Å². The SMILES string of the molecule is CC1CCN(C(=O)N2CCCC(N(C)C)C2)CC1. The molecular weight excluding hydrogens is 226 g/mol. The molecule has 2 amide bonds. The molecule has 0 aromatic heterocycles. The monoisotopic (exact) mass is 253 g/mol. The zero-order valence-electron chi connectivity index (χ0n) is 12.1. The Hall–Kier alpha value is -0.770. The predicted molar refractivity (Wildman–Crippen MR) is 73.6 cm³/mol. The highest BCUT2D eigenvalue weighted by Gasteiger charge is 2.29. The summed E-state index contributed by atoms with van der Waals surface area (Å²) in [6, 6.07) is 0.805. The molecule has 2 rings (SSSR count). The lowest BCUT2D eigenvalue weighted by atomic mass is 9.99. The first-order valence-corrected chi connectivity index (χ1v) is 7.28. The largest absolute Gasteiger partial charge is 0.325 e. The number of urea groups is 1. The van der Waals surface area contributed by atoms with Crippen molar-refractivity contribution in [3.63, 3.8) is 0 Å². The van der Waals surface area contributed by atoms with Crippen LogP contribution in [0.3, 0.4) is 0 Å². The van der Waals surface area contributed by atoms with Crippen molar-refractivity contribution < 1.29 is 4.79 Å². The zero-order chi connectivity index (χ0) is 13.1. The summed E-state index contributed by atoms with van der Waals surface area (Å²) in [5.74, 6) is 0.782. The van der Waals surface area contributed by atoms with Gasteiger partial charge in [-0.05, 0) is 45.7 Å². The lowest BCUT2D eigenvalue weighted by molar-refractivity contribution is 0.102. The van der Waals surface area contributed by atoms with Crippen LogP contribution in [0.1, 0.15) is 32.6 Å². The molecule has 0 N–H and O–H groups in total. The number of hydrogen-bond donors (Lipinski definition) is 0. The van der Waals surface area contributed by atoms with Crippen LogP contribution in [0.4, 0.5) is 4.79 Å². The molecule has 18 heavy (non-hydrogen) atoms. The third-order valence-corrected chi connectivity index (χ3v) is 4.45. The van der Waals surface area contributed by atoms with E-state index in [2.05, 4.69) is 35.7 Å². The number of carbonyl (C=O) groups is 1. The minimum atomic E-state index is 0.272. The Morgan fingerprint density at radius 3 is 2.33 bits per heavy atom. The third-order valence-electron chi connectivity index (χ3n) is 4.45. The molecule has 4 heteroatoms. The van der Waals surface area contributed by atoms with Crippen molar-refractivity contribution in [2.24, 2.45) is 5.92 Å². The minimum absolute atomic E-state index is 0.272. The number of likely N-dealkylation sites (N-methyl/N-ethyl adjacent to an activating group) is 1. The number of likely N-dealkylation sites (tertiary alicyclic amines) is 2. The van der Waals surface area contributed by atoms with Crippen molar-refractivity contribution in [2.45, 2.75) is 38.6 Å². The highest BCUT2D eigenvalue weighted by Crippen LogP contribution is 2.20. The van der Waals surface area contributed by atoms with Gasteiger partial charge in [-0.25, -0.2) is 4.79 Å². The number of nitrogens with zero attached hydrogens (tertiary/aromatic N) is 3. The van der Waals surface area contributed by atoms with Crippen LogP contribution in [0, 0.1) is 5.92 Å². The summed E-state index contributed by atoms with van der Waals surface area (Å²) in [6.45, 7) is 6.02. The average Bonchev–Trinajstić information content (AvgIpc) is 2.39. The number of piperidine rings is 2. The van der Waals surface area contributed by atoms with Gasteiger partial charge in [0.15, 0.2) is 0 Å². The maximum atomic E-state index is 12.5. The molecule has 2 saturated heterocycles. The summed E-state index contributed by atoms with van der Waals surface area (Å²) in [7, 11) is 4.22. The van der Waals surface area contributed by atoms with Crippen LogP contribution < -0.4 is 0 Å². The van der Waals surface area contributed by atoms with E-state index in [4.69, 9.17) is 0 Å². The summed E-state index contributed by atoms with van der Waals surface area (Å²) in [4.78, 5) is 18.8. The van der Waals surface area contributed by atoms with E-state index < -0.39 is 0 Å². The van der Waals surface area contributed by atoms with Crippen LogP contribution in [-0.2, 0) is 0 Å². The van der Waals surface area contributed by atoms with Gasteiger partial charge in [-0.2, -0.15) is 0 Å². The molecule has 1 unspecified atom stereocenters. The standard InChI is InChI=1S/C14H27N3O/c1-12-6-9-16(10-7-12)14(18)17-8-4-5-13(11-17)15(2)3/h12-13H,4-11H2,1-3H3. The second kappa shape index (κ2) is 5.91. The molecule has 4 nitrogen and oxygen atoms in total. The fraction of sp³-hybridized carbons (Fsp3) is 0.929. The zero-order valence-corrected chi connectivity index (χ0v) is 12.1. The van der Waals surface area contributed by atoms with Crippen molar-refractivity contribution in [1.82, 2.24) is 14.7 Å². The Kier molecular flexibility index (Phi) is 4.49. The van der Waals surface area contributed by atoms with Gasteiger partial charge in [0.25, 0.3) is 0 Å². The highest BCUT2D eigenvalue weighted by molar-refractivity contribution is 5.74. The Balaban J connectivity index is 1.88. The summed E-state index contributed by atoms with van der Waals surface area (Å²) in [6.07, 6.45) is 4.68. The van der Waals surface area contributed by atoms with E-state index in [1.807, 2.05) is 0 Å². The van der Waals surface area contributed by atoms with Crippen molar-refractivity contribution in [3.8, 4) is 0 Å². The predicted octanol–water partition coefficient (Wildman–Crippen LogP) is 1.86. The minimum Gasteiger partial charge on any atom is -0.325 e. The quantitative estimate of drug-likeness (QED) is 0.713. The van der Waals surface area contributed by atoms with Crippen molar-refractivity contribution >= 4 is 6.03 Å². The summed E-state index contributed by atoms with van der Waals surface area (Å²) in [5.41, 5.74) is 0. The molecule has 0 aliphatic carbocycles. The molecule has 1 atom stereocenters. The molecule has 2 aliphatic heterocycles. The normalized spacial score (nSPS) is 26.8. The van der Waals surface area contributed by atoms with E-state index in [1.165, 1.54) is 6.42 Å². The first-order valence-electron chi connectivity index (χ1n) is 7.28. The average molecular weight is 253 g/mol. The van der Waals surface area contributed by atoms with Crippen LogP contribution >= 0.6 is 0 Å². The van der Waals surface area contributed by atoms with Gasteiger partial charge in [0, 0.05) is 32.2 Å². The van der Waals surface area contributed by atoms with Crippen LogP contribution in [-0.4, -0.2) is 67.0 Å². The summed E-state index contributed by atoms with van der Waals surface area (Å²) >= 11 is 0. The van der Waals surface area contributed by atoms with E-state index >= 15 is 0 Å². The van der Waals surface area contributed by atoms with Gasteiger partial charge < -0.3 is 14.7 Å². The number of rotatable bonds is 1. The Morgan fingerprint density at radius 2 is 1.72 bits per heavy atom. The van der Waals surface area contributed by atoms with Gasteiger partial charge in [0.2, 0.25) is 0 Å². The smallest absolute Gasteiger partial charge is 0.320 e. The first kappa shape index (κ1) is 13.7. The number of amides is 2. The first-order chi connectivity index (χ1) is 8.58. The molecule has 2 fully saturated rings. The van der Waals surface area contributed by atoms with E-state index in [9.17, 15) is 4.79 Å². The van der Waals surface area contributed by atoms with Crippen LogP contribution in [0.5, 0.6) is 0 Å². The molecule has 0 aromatic carbocycles. The topological polar surface area (TPSA) is 26.8 Å². The maximum absolute atomic E-state index is 12.5. The molecule has 2 heterocycles. The molecule has 0 saturated carbocycles. The lowest BCUT2D eigenvalue weighted by Gasteiger charge is -2.40. The second-order valence-electron chi connectivity index (χ2n) is 6.16. The Labute approximate surface area is 111 Å². The lowest BCUT2D eigenvalue weighted by Crippen LogP contribution is -2.53. The molecule has 0 aromatic rings. The molecule has 0 bridgehead atoms. The Morgan fingerprint density at radius 1 is 1.06 bits per heavy atom. The maximum Gasteiger partial charge on any atom is 0.320 e. The van der Waals surface area contributed by atoms with Gasteiger partial charge in [-0.3, -0.25) is 0 Å². The molecule has 104 valence electrons. The van der Waals surface area contributed by atoms with Gasteiger partial charge in [0.1, 0.15) is 0 Å². The van der Waals surface area contributed by atoms with E-state index in [0.29, 0.717) is 6.04 Å². The van der Waals surface area contributed by atoms with Crippen molar-refractivity contribution in [2.75, 3.05) is 40.3 Å². The molecular formula is C14H27N3O. The van der Waals surface area contributed by atoms with Gasteiger partial charge >= 0.3 is 6.03 Å². The Bertz CT molecular complexity index is 285. The van der Waals surface area contributed by atoms with E-state index in [-0.39, 0.29) is 6.03 Å². The molecule has 0 radical (unpaired) electrons. The third kappa shape index (κ3) is 3.16. The number of carbonyl (C=O) groups excluding carboxylic acids is 1. The molecule has 0 spiro atoms. The van der Waals surface area contributed by atoms with Crippen molar-refractivity contribution in [1.29, 1.82) is 0 Å². The van der Waals surface area contributed by atoms with Crippen LogP contribution in [0.2, 0.25) is 0 Å². The van der Waals surface area contributed by atoms with E-state index in [1.54, 1.807) is 0 Å². The van der Waals surface area contributed by atoms with Crippen molar-refractivity contribution in [3.05, 3.63) is 0 Å². The van der Waals surface area contributed by atoms with E-state index in [0.717, 1.165) is 51.4 Å². The number of hydrogen-bond acceptors (Lipinski definition) is 2. The van der Waals surface area contributed by atoms with Crippen LogP contribution in [0.25, 0.3) is 0 Å². The fourth-order valence-corrected chi connectivity index (χ4v) is 2.95. The fourth-order valence-electron chi connectivity index (χ4n) is 2.95. The molecule has 2 aliphatic rings. The van der Waals surface area contributed by atoms with Crippen LogP contribution in [0.15, 0.2) is 0 Å². The van der Waals surface area contributed by atoms with Gasteiger partial charge in [-0.1, -0.05) is 6.92 Å². The second-order valence-corrected chi connectivity index (χ2v) is 6.16. The summed E-state index contributed by atoms with van der Waals surface area (Å²) < 4.78 is 0.